The number of ether oxygens (including phenoxy) is 1. The van der Waals surface area contributed by atoms with E-state index < -0.39 is 0 Å². The number of nitrogens with one attached hydrogen (secondary N) is 1. The van der Waals surface area contributed by atoms with Crippen LogP contribution < -0.4 is 15.8 Å². The van der Waals surface area contributed by atoms with Crippen molar-refractivity contribution in [3.05, 3.63) is 24.3 Å². The second kappa shape index (κ2) is 10.4. The van der Waals surface area contributed by atoms with Crippen molar-refractivity contribution >= 4 is 23.4 Å². The summed E-state index contributed by atoms with van der Waals surface area (Å²) in [5.74, 6) is 2.36. The van der Waals surface area contributed by atoms with Crippen LogP contribution in [0.1, 0.15) is 12.8 Å². The van der Waals surface area contributed by atoms with Crippen molar-refractivity contribution in [3.8, 4) is 5.75 Å². The molecule has 0 aliphatic carbocycles. The molecule has 1 amide bonds. The van der Waals surface area contributed by atoms with E-state index in [0.29, 0.717) is 31.0 Å². The first kappa shape index (κ1) is 16.7. The number of para-hydroxylation sites is 2. The normalized spacial score (nSPS) is 10.2. The number of rotatable bonds is 10. The van der Waals surface area contributed by atoms with Gasteiger partial charge in [-0.15, -0.1) is 0 Å². The van der Waals surface area contributed by atoms with Gasteiger partial charge in [-0.1, -0.05) is 12.1 Å². The molecule has 4 N–H and O–H groups in total. The van der Waals surface area contributed by atoms with Crippen LogP contribution in [0.4, 0.5) is 5.69 Å². The van der Waals surface area contributed by atoms with Crippen LogP contribution in [-0.2, 0) is 4.79 Å². The second-order valence-corrected chi connectivity index (χ2v) is 5.40. The van der Waals surface area contributed by atoms with Crippen LogP contribution in [0.15, 0.2) is 24.3 Å². The van der Waals surface area contributed by atoms with Gasteiger partial charge in [-0.3, -0.25) is 4.79 Å². The number of thioether (sulfide) groups is 1. The largest absolute Gasteiger partial charge is 0.491 e. The fraction of sp³-hybridized carbons (Fsp3) is 0.500. The Hall–Kier alpha value is -1.40. The van der Waals surface area contributed by atoms with Crippen molar-refractivity contribution in [2.45, 2.75) is 12.8 Å². The molecule has 1 aromatic rings. The van der Waals surface area contributed by atoms with E-state index in [2.05, 4.69) is 5.32 Å². The molecule has 0 saturated heterocycles. The number of amides is 1. The van der Waals surface area contributed by atoms with Crippen LogP contribution in [0.2, 0.25) is 0 Å². The van der Waals surface area contributed by atoms with Crippen LogP contribution in [0.3, 0.4) is 0 Å². The topological polar surface area (TPSA) is 84.6 Å². The van der Waals surface area contributed by atoms with E-state index in [1.54, 1.807) is 23.9 Å². The Labute approximate surface area is 123 Å². The Morgan fingerprint density at radius 2 is 2.15 bits per heavy atom. The van der Waals surface area contributed by atoms with Gasteiger partial charge in [-0.05, 0) is 24.3 Å². The lowest BCUT2D eigenvalue weighted by atomic mass is 10.3. The molecule has 6 heteroatoms. The maximum Gasteiger partial charge on any atom is 0.223 e. The van der Waals surface area contributed by atoms with E-state index in [1.165, 1.54) is 0 Å². The molecule has 0 bridgehead atoms. The zero-order valence-electron chi connectivity index (χ0n) is 11.5. The van der Waals surface area contributed by atoms with Crippen molar-refractivity contribution in [2.75, 3.05) is 37.0 Å². The fourth-order valence-electron chi connectivity index (χ4n) is 1.49. The Bertz CT molecular complexity index is 402. The van der Waals surface area contributed by atoms with Gasteiger partial charge in [0.05, 0.1) is 18.7 Å². The van der Waals surface area contributed by atoms with Crippen LogP contribution >= 0.6 is 11.8 Å². The lowest BCUT2D eigenvalue weighted by molar-refractivity contribution is -0.121. The second-order valence-electron chi connectivity index (χ2n) is 4.18. The van der Waals surface area contributed by atoms with Crippen molar-refractivity contribution in [3.63, 3.8) is 0 Å². The highest BCUT2D eigenvalue weighted by Crippen LogP contribution is 2.19. The zero-order valence-corrected chi connectivity index (χ0v) is 12.3. The molecule has 112 valence electrons. The molecule has 5 nitrogen and oxygen atoms in total. The average molecular weight is 298 g/mol. The minimum absolute atomic E-state index is 0.0257. The van der Waals surface area contributed by atoms with Gasteiger partial charge in [0.2, 0.25) is 5.91 Å². The summed E-state index contributed by atoms with van der Waals surface area (Å²) in [5.41, 5.74) is 6.31. The monoisotopic (exact) mass is 298 g/mol. The lowest BCUT2D eigenvalue weighted by Gasteiger charge is -2.08. The van der Waals surface area contributed by atoms with E-state index in [4.69, 9.17) is 15.6 Å². The molecular formula is C14H22N2O3S. The Balaban J connectivity index is 2.04. The van der Waals surface area contributed by atoms with E-state index in [1.807, 2.05) is 12.1 Å². The molecule has 20 heavy (non-hydrogen) atoms. The number of carbonyl (C=O) groups is 1. The quantitative estimate of drug-likeness (QED) is 0.447. The molecule has 0 fully saturated rings. The van der Waals surface area contributed by atoms with E-state index >= 15 is 0 Å². The molecule has 0 radical (unpaired) electrons. The summed E-state index contributed by atoms with van der Waals surface area (Å²) in [6.45, 7) is 1.18. The number of carbonyl (C=O) groups excluding carboxylic acids is 1. The van der Waals surface area contributed by atoms with Crippen molar-refractivity contribution in [2.24, 2.45) is 0 Å². The molecule has 0 aliphatic heterocycles. The SMILES string of the molecule is Nc1ccccc1OCCC(=O)NCCSCCCO. The predicted octanol–water partition coefficient (Wildman–Crippen LogP) is 1.27. The Morgan fingerprint density at radius 3 is 2.90 bits per heavy atom. The molecule has 0 aromatic heterocycles. The van der Waals surface area contributed by atoms with Gasteiger partial charge in [-0.2, -0.15) is 11.8 Å². The predicted molar refractivity (Wildman–Crippen MR) is 83.0 cm³/mol. The number of hydrogen-bond acceptors (Lipinski definition) is 5. The summed E-state index contributed by atoms with van der Waals surface area (Å²) in [6, 6.07) is 7.22. The van der Waals surface area contributed by atoms with Gasteiger partial charge in [-0.25, -0.2) is 0 Å². The van der Waals surface area contributed by atoms with Gasteiger partial charge in [0.15, 0.2) is 0 Å². The smallest absolute Gasteiger partial charge is 0.223 e. The molecule has 0 saturated carbocycles. The number of nitrogen functional groups attached to an aromatic ring is 1. The molecule has 0 aliphatic rings. The lowest BCUT2D eigenvalue weighted by Crippen LogP contribution is -2.27. The number of nitrogens with two attached hydrogens (primary N) is 1. The van der Waals surface area contributed by atoms with Gasteiger partial charge in [0.1, 0.15) is 5.75 Å². The standard InChI is InChI=1S/C14H22N2O3S/c15-12-4-1-2-5-13(12)19-9-6-14(18)16-7-11-20-10-3-8-17/h1-2,4-5,17H,3,6-11,15H2,(H,16,18). The first-order chi connectivity index (χ1) is 9.74. The van der Waals surface area contributed by atoms with Gasteiger partial charge in [0, 0.05) is 18.9 Å². The number of aliphatic hydroxyl groups excluding tert-OH is 1. The summed E-state index contributed by atoms with van der Waals surface area (Å²) >= 11 is 1.72. The first-order valence-electron chi connectivity index (χ1n) is 6.66. The Morgan fingerprint density at radius 1 is 1.35 bits per heavy atom. The van der Waals surface area contributed by atoms with Gasteiger partial charge < -0.3 is 20.9 Å². The summed E-state index contributed by atoms with van der Waals surface area (Å²) in [7, 11) is 0. The molecule has 0 unspecified atom stereocenters. The van der Waals surface area contributed by atoms with Gasteiger partial charge in [0.25, 0.3) is 0 Å². The van der Waals surface area contributed by atoms with E-state index in [-0.39, 0.29) is 12.5 Å². The summed E-state index contributed by atoms with van der Waals surface area (Å²) < 4.78 is 5.45. The summed E-state index contributed by atoms with van der Waals surface area (Å²) in [5, 5.41) is 11.4. The molecule has 0 heterocycles. The zero-order chi connectivity index (χ0) is 14.6. The maximum absolute atomic E-state index is 11.5. The fourth-order valence-corrected chi connectivity index (χ4v) is 2.27. The average Bonchev–Trinajstić information content (AvgIpc) is 2.45. The summed E-state index contributed by atoms with van der Waals surface area (Å²) in [4.78, 5) is 11.5. The molecule has 1 rings (SSSR count). The first-order valence-corrected chi connectivity index (χ1v) is 7.82. The minimum Gasteiger partial charge on any atom is -0.491 e. The van der Waals surface area contributed by atoms with Crippen LogP contribution in [0.25, 0.3) is 0 Å². The van der Waals surface area contributed by atoms with Gasteiger partial charge >= 0.3 is 0 Å². The maximum atomic E-state index is 11.5. The molecular weight excluding hydrogens is 276 g/mol. The van der Waals surface area contributed by atoms with E-state index in [9.17, 15) is 4.79 Å². The number of benzene rings is 1. The van der Waals surface area contributed by atoms with Crippen molar-refractivity contribution < 1.29 is 14.6 Å². The third-order valence-electron chi connectivity index (χ3n) is 2.52. The number of aliphatic hydroxyl groups is 1. The highest BCUT2D eigenvalue weighted by Gasteiger charge is 2.03. The van der Waals surface area contributed by atoms with E-state index in [0.717, 1.165) is 17.9 Å². The van der Waals surface area contributed by atoms with Crippen molar-refractivity contribution in [1.82, 2.24) is 5.32 Å². The van der Waals surface area contributed by atoms with Crippen molar-refractivity contribution in [1.29, 1.82) is 0 Å². The molecule has 0 atom stereocenters. The summed E-state index contributed by atoms with van der Waals surface area (Å²) in [6.07, 6.45) is 1.11. The van der Waals surface area contributed by atoms with Crippen LogP contribution in [0, 0.1) is 0 Å². The van der Waals surface area contributed by atoms with Crippen LogP contribution in [0.5, 0.6) is 5.75 Å². The minimum atomic E-state index is -0.0257. The highest BCUT2D eigenvalue weighted by molar-refractivity contribution is 7.99. The van der Waals surface area contributed by atoms with Crippen LogP contribution in [-0.4, -0.2) is 42.3 Å². The third kappa shape index (κ3) is 7.25. The highest BCUT2D eigenvalue weighted by atomic mass is 32.2. The third-order valence-corrected chi connectivity index (χ3v) is 3.59. The number of anilines is 1. The number of hydrogen-bond donors (Lipinski definition) is 3. The molecule has 0 spiro atoms. The molecule has 1 aromatic carbocycles. The Kier molecular flexibility index (Phi) is 8.66.